The monoisotopic (exact) mass is 452 g/mol. The number of piperazine rings is 1. The van der Waals surface area contributed by atoms with Gasteiger partial charge >= 0.3 is 11.8 Å². The molecule has 1 unspecified atom stereocenters. The van der Waals surface area contributed by atoms with E-state index in [0.717, 1.165) is 4.68 Å². The molecular formula is C22H24N6O5. The number of carbonyl (C=O) groups is 2. The number of carboxylic acid groups (broad SMARTS) is 1. The van der Waals surface area contributed by atoms with Crippen LogP contribution in [0.1, 0.15) is 29.7 Å². The van der Waals surface area contributed by atoms with Gasteiger partial charge in [-0.25, -0.2) is 23.8 Å². The van der Waals surface area contributed by atoms with Crippen molar-refractivity contribution in [3.8, 4) is 11.4 Å². The number of phenols is 1. The number of aromatic hydroxyl groups is 1. The van der Waals surface area contributed by atoms with E-state index in [1.807, 2.05) is 4.90 Å². The Labute approximate surface area is 189 Å². The van der Waals surface area contributed by atoms with Crippen molar-refractivity contribution in [2.75, 3.05) is 31.1 Å². The fraction of sp³-hybridized carbons (Fsp3) is 0.318. The minimum Gasteiger partial charge on any atom is -0.508 e. The van der Waals surface area contributed by atoms with E-state index in [2.05, 4.69) is 10.1 Å². The Kier molecular flexibility index (Phi) is 6.11. The minimum absolute atomic E-state index is 0.0563. The van der Waals surface area contributed by atoms with E-state index >= 15 is 0 Å². The van der Waals surface area contributed by atoms with Gasteiger partial charge in [0.1, 0.15) is 23.9 Å². The predicted octanol–water partition coefficient (Wildman–Crippen LogP) is 1.77. The Morgan fingerprint density at radius 3 is 2.33 bits per heavy atom. The fourth-order valence-corrected chi connectivity index (χ4v) is 3.83. The molecule has 4 rings (SSSR count). The number of phenolic OH excluding ortho intramolecular Hbond substituents is 1. The molecule has 1 aliphatic rings. The van der Waals surface area contributed by atoms with Crippen LogP contribution in [0.2, 0.25) is 0 Å². The Morgan fingerprint density at radius 2 is 1.76 bits per heavy atom. The van der Waals surface area contributed by atoms with Crippen LogP contribution in [0.5, 0.6) is 5.75 Å². The highest BCUT2D eigenvalue weighted by atomic mass is 16.4. The lowest BCUT2D eigenvalue weighted by Crippen LogP contribution is -2.48. The highest BCUT2D eigenvalue weighted by Crippen LogP contribution is 2.19. The van der Waals surface area contributed by atoms with E-state index in [1.165, 1.54) is 40.1 Å². The van der Waals surface area contributed by atoms with E-state index in [1.54, 1.807) is 25.3 Å². The van der Waals surface area contributed by atoms with Gasteiger partial charge in [-0.2, -0.15) is 5.10 Å². The number of pyridine rings is 1. The van der Waals surface area contributed by atoms with Crippen LogP contribution in [0, 0.1) is 0 Å². The Morgan fingerprint density at radius 1 is 1.06 bits per heavy atom. The number of anilines is 1. The summed E-state index contributed by atoms with van der Waals surface area (Å²) in [6.45, 7) is 3.67. The number of benzene rings is 1. The van der Waals surface area contributed by atoms with Crippen molar-refractivity contribution < 1.29 is 19.8 Å². The van der Waals surface area contributed by atoms with E-state index in [-0.39, 0.29) is 11.5 Å². The first kappa shape index (κ1) is 22.1. The average molecular weight is 452 g/mol. The SMILES string of the molecule is CCC(C(=O)c1ccc(O)cc1)n1ncn(-c2ccc(N3CCN(C(=O)O)CC3)nc2)c1=O. The molecule has 0 bridgehead atoms. The molecule has 0 saturated carbocycles. The number of Topliss-reactive ketones (excluding diaryl/α,β-unsaturated/α-hetero) is 1. The van der Waals surface area contributed by atoms with Crippen molar-refractivity contribution in [2.24, 2.45) is 0 Å². The molecule has 1 aromatic carbocycles. The molecule has 33 heavy (non-hydrogen) atoms. The van der Waals surface area contributed by atoms with Crippen molar-refractivity contribution in [3.63, 3.8) is 0 Å². The lowest BCUT2D eigenvalue weighted by Gasteiger charge is -2.33. The smallest absolute Gasteiger partial charge is 0.407 e. The molecule has 1 amide bonds. The van der Waals surface area contributed by atoms with Gasteiger partial charge in [-0.15, -0.1) is 0 Å². The molecule has 0 aliphatic carbocycles. The molecule has 2 N–H and O–H groups in total. The van der Waals surface area contributed by atoms with Crippen molar-refractivity contribution >= 4 is 17.7 Å². The minimum atomic E-state index is -0.927. The lowest BCUT2D eigenvalue weighted by molar-refractivity contribution is 0.0911. The topological polar surface area (TPSA) is 134 Å². The van der Waals surface area contributed by atoms with Gasteiger partial charge in [-0.05, 0) is 42.8 Å². The number of rotatable bonds is 6. The van der Waals surface area contributed by atoms with Gasteiger partial charge in [0.2, 0.25) is 0 Å². The van der Waals surface area contributed by atoms with Gasteiger partial charge in [0.15, 0.2) is 5.78 Å². The summed E-state index contributed by atoms with van der Waals surface area (Å²) >= 11 is 0. The van der Waals surface area contributed by atoms with E-state index in [4.69, 9.17) is 5.11 Å². The molecule has 1 aliphatic heterocycles. The maximum absolute atomic E-state index is 13.0. The Hall–Kier alpha value is -4.15. The first-order valence-corrected chi connectivity index (χ1v) is 10.6. The Balaban J connectivity index is 1.52. The molecule has 3 aromatic rings. The molecule has 1 atom stereocenters. The van der Waals surface area contributed by atoms with E-state index < -0.39 is 17.8 Å². The van der Waals surface area contributed by atoms with E-state index in [9.17, 15) is 19.5 Å². The lowest BCUT2D eigenvalue weighted by atomic mass is 10.0. The van der Waals surface area contributed by atoms with Crippen LogP contribution < -0.4 is 10.6 Å². The maximum Gasteiger partial charge on any atom is 0.407 e. The van der Waals surface area contributed by atoms with Gasteiger partial charge in [0.25, 0.3) is 0 Å². The quantitative estimate of drug-likeness (QED) is 0.541. The second kappa shape index (κ2) is 9.15. The Bertz CT molecular complexity index is 1190. The zero-order chi connectivity index (χ0) is 23.5. The van der Waals surface area contributed by atoms with Crippen molar-refractivity contribution in [2.45, 2.75) is 19.4 Å². The summed E-state index contributed by atoms with van der Waals surface area (Å²) in [7, 11) is 0. The van der Waals surface area contributed by atoms with Gasteiger partial charge < -0.3 is 20.0 Å². The zero-order valence-electron chi connectivity index (χ0n) is 18.0. The van der Waals surface area contributed by atoms with Crippen LogP contribution in [0.4, 0.5) is 10.6 Å². The fourth-order valence-electron chi connectivity index (χ4n) is 3.83. The molecule has 0 radical (unpaired) electrons. The zero-order valence-corrected chi connectivity index (χ0v) is 18.0. The summed E-state index contributed by atoms with van der Waals surface area (Å²) in [5.74, 6) is 0.484. The average Bonchev–Trinajstić information content (AvgIpc) is 3.21. The summed E-state index contributed by atoms with van der Waals surface area (Å²) in [5, 5.41) is 22.7. The number of aromatic nitrogens is 4. The van der Waals surface area contributed by atoms with Gasteiger partial charge in [-0.3, -0.25) is 4.79 Å². The standard InChI is InChI=1S/C22H24N6O5/c1-2-18(20(30)15-3-6-17(29)7-4-15)28-21(31)27(14-24-28)16-5-8-19(23-13-16)25-9-11-26(12-10-25)22(32)33/h3-8,13-14,18,29H,2,9-12H2,1H3,(H,32,33). The number of carbonyl (C=O) groups excluding carboxylic acids is 1. The normalized spacial score (nSPS) is 14.8. The first-order chi connectivity index (χ1) is 15.9. The predicted molar refractivity (Wildman–Crippen MR) is 119 cm³/mol. The molecule has 0 spiro atoms. The third-order valence-electron chi connectivity index (χ3n) is 5.71. The highest BCUT2D eigenvalue weighted by molar-refractivity contribution is 5.99. The summed E-state index contributed by atoms with van der Waals surface area (Å²) in [6, 6.07) is 8.62. The van der Waals surface area contributed by atoms with Crippen molar-refractivity contribution in [3.05, 3.63) is 65.0 Å². The largest absolute Gasteiger partial charge is 0.508 e. The summed E-state index contributed by atoms with van der Waals surface area (Å²) in [4.78, 5) is 44.8. The van der Waals surface area contributed by atoms with Crippen LogP contribution in [0.3, 0.4) is 0 Å². The number of amides is 1. The van der Waals surface area contributed by atoms with Gasteiger partial charge in [0.05, 0.1) is 11.9 Å². The van der Waals surface area contributed by atoms with E-state index in [0.29, 0.717) is 49.7 Å². The molecule has 1 saturated heterocycles. The second-order valence-electron chi connectivity index (χ2n) is 7.69. The molecule has 3 heterocycles. The van der Waals surface area contributed by atoms with Crippen LogP contribution in [0.15, 0.2) is 53.7 Å². The van der Waals surface area contributed by atoms with Crippen LogP contribution >= 0.6 is 0 Å². The van der Waals surface area contributed by atoms with Gasteiger partial charge in [-0.1, -0.05) is 6.92 Å². The summed E-state index contributed by atoms with van der Waals surface area (Å²) < 4.78 is 2.49. The number of ketones is 1. The third kappa shape index (κ3) is 4.43. The molecule has 11 nitrogen and oxygen atoms in total. The summed E-state index contributed by atoms with van der Waals surface area (Å²) in [5.41, 5.74) is 0.430. The van der Waals surface area contributed by atoms with Crippen LogP contribution in [-0.4, -0.2) is 72.5 Å². The van der Waals surface area contributed by atoms with Crippen LogP contribution in [0.25, 0.3) is 5.69 Å². The highest BCUT2D eigenvalue weighted by Gasteiger charge is 2.25. The van der Waals surface area contributed by atoms with Crippen LogP contribution in [-0.2, 0) is 0 Å². The first-order valence-electron chi connectivity index (χ1n) is 10.6. The maximum atomic E-state index is 13.0. The third-order valence-corrected chi connectivity index (χ3v) is 5.71. The molecular weight excluding hydrogens is 428 g/mol. The molecule has 2 aromatic heterocycles. The van der Waals surface area contributed by atoms with Gasteiger partial charge in [0, 0.05) is 31.7 Å². The van der Waals surface area contributed by atoms with Crippen molar-refractivity contribution in [1.29, 1.82) is 0 Å². The number of hydrogen-bond acceptors (Lipinski definition) is 7. The van der Waals surface area contributed by atoms with Crippen molar-refractivity contribution in [1.82, 2.24) is 24.2 Å². The second-order valence-corrected chi connectivity index (χ2v) is 7.69. The number of nitrogens with zero attached hydrogens (tertiary/aromatic N) is 6. The summed E-state index contributed by atoms with van der Waals surface area (Å²) in [6.07, 6.45) is 2.35. The molecule has 172 valence electrons. The molecule has 1 fully saturated rings. The number of hydrogen-bond donors (Lipinski definition) is 2. The molecule has 11 heteroatoms.